The highest BCUT2D eigenvalue weighted by Crippen LogP contribution is 2.29. The summed E-state index contributed by atoms with van der Waals surface area (Å²) >= 11 is 0. The fourth-order valence-corrected chi connectivity index (χ4v) is 4.62. The van der Waals surface area contributed by atoms with Gasteiger partial charge in [-0.2, -0.15) is 0 Å². The van der Waals surface area contributed by atoms with Crippen molar-refractivity contribution in [3.63, 3.8) is 0 Å². The van der Waals surface area contributed by atoms with E-state index in [9.17, 15) is 18.5 Å². The molecule has 0 unspecified atom stereocenters. The SMILES string of the molecule is Cc1ccc(NS(=O)(=O)c2ccc(NCCN3CCCC3)c([N+](=O)[O-])c2)c(C)c1. The van der Waals surface area contributed by atoms with Crippen LogP contribution in [0.4, 0.5) is 17.1 Å². The van der Waals surface area contributed by atoms with Crippen molar-refractivity contribution < 1.29 is 13.3 Å². The van der Waals surface area contributed by atoms with Crippen LogP contribution in [-0.2, 0) is 10.0 Å². The second-order valence-corrected chi connectivity index (χ2v) is 9.02. The van der Waals surface area contributed by atoms with Crippen molar-refractivity contribution in [2.75, 3.05) is 36.2 Å². The van der Waals surface area contributed by atoms with Gasteiger partial charge in [-0.25, -0.2) is 8.42 Å². The Labute approximate surface area is 171 Å². The summed E-state index contributed by atoms with van der Waals surface area (Å²) in [5.41, 5.74) is 2.31. The lowest BCUT2D eigenvalue weighted by atomic mass is 10.1. The number of hydrogen-bond donors (Lipinski definition) is 2. The molecule has 1 aliphatic heterocycles. The number of hydrogen-bond acceptors (Lipinski definition) is 6. The van der Waals surface area contributed by atoms with Gasteiger partial charge >= 0.3 is 0 Å². The van der Waals surface area contributed by atoms with Crippen molar-refractivity contribution >= 4 is 27.1 Å². The van der Waals surface area contributed by atoms with Gasteiger partial charge < -0.3 is 10.2 Å². The van der Waals surface area contributed by atoms with Gasteiger partial charge in [-0.15, -0.1) is 0 Å². The van der Waals surface area contributed by atoms with Crippen LogP contribution in [0.3, 0.4) is 0 Å². The maximum atomic E-state index is 12.8. The Hall–Kier alpha value is -2.65. The van der Waals surface area contributed by atoms with Crippen molar-refractivity contribution in [1.82, 2.24) is 4.90 Å². The zero-order valence-corrected chi connectivity index (χ0v) is 17.5. The number of sulfonamides is 1. The van der Waals surface area contributed by atoms with Gasteiger partial charge in [0.2, 0.25) is 0 Å². The maximum Gasteiger partial charge on any atom is 0.293 e. The number of benzene rings is 2. The minimum Gasteiger partial charge on any atom is -0.378 e. The third kappa shape index (κ3) is 5.24. The normalized spacial score (nSPS) is 14.7. The summed E-state index contributed by atoms with van der Waals surface area (Å²) in [7, 11) is -3.95. The number of rotatable bonds is 8. The highest BCUT2D eigenvalue weighted by molar-refractivity contribution is 7.92. The molecular weight excluding hydrogens is 392 g/mol. The lowest BCUT2D eigenvalue weighted by molar-refractivity contribution is -0.384. The van der Waals surface area contributed by atoms with E-state index in [1.165, 1.54) is 25.0 Å². The van der Waals surface area contributed by atoms with Crippen LogP contribution in [-0.4, -0.2) is 44.4 Å². The van der Waals surface area contributed by atoms with Crippen LogP contribution in [0, 0.1) is 24.0 Å². The van der Waals surface area contributed by atoms with Gasteiger partial charge in [-0.1, -0.05) is 17.7 Å². The molecule has 2 N–H and O–H groups in total. The van der Waals surface area contributed by atoms with E-state index >= 15 is 0 Å². The first-order chi connectivity index (χ1) is 13.8. The zero-order valence-electron chi connectivity index (χ0n) is 16.6. The molecule has 0 aromatic heterocycles. The third-order valence-electron chi connectivity index (χ3n) is 5.04. The minimum atomic E-state index is -3.95. The molecule has 0 atom stereocenters. The molecule has 0 saturated carbocycles. The quantitative estimate of drug-likeness (QED) is 0.502. The van der Waals surface area contributed by atoms with E-state index in [1.807, 2.05) is 13.0 Å². The van der Waals surface area contributed by atoms with Crippen LogP contribution in [0.15, 0.2) is 41.3 Å². The van der Waals surface area contributed by atoms with Gasteiger partial charge in [0, 0.05) is 19.2 Å². The second-order valence-electron chi connectivity index (χ2n) is 7.34. The molecular formula is C20H26N4O4S. The van der Waals surface area contributed by atoms with Crippen molar-refractivity contribution in [3.05, 3.63) is 57.6 Å². The number of nitrogens with zero attached hydrogens (tertiary/aromatic N) is 2. The molecule has 1 heterocycles. The van der Waals surface area contributed by atoms with Crippen LogP contribution >= 0.6 is 0 Å². The summed E-state index contributed by atoms with van der Waals surface area (Å²) in [6.45, 7) is 7.18. The predicted octanol–water partition coefficient (Wildman–Crippen LogP) is 3.52. The van der Waals surface area contributed by atoms with Gasteiger partial charge in [0.05, 0.1) is 15.5 Å². The minimum absolute atomic E-state index is 0.144. The van der Waals surface area contributed by atoms with Gasteiger partial charge in [-0.3, -0.25) is 14.8 Å². The van der Waals surface area contributed by atoms with E-state index in [1.54, 1.807) is 19.1 Å². The van der Waals surface area contributed by atoms with Crippen molar-refractivity contribution in [3.8, 4) is 0 Å². The van der Waals surface area contributed by atoms with E-state index < -0.39 is 14.9 Å². The van der Waals surface area contributed by atoms with Crippen molar-refractivity contribution in [2.24, 2.45) is 0 Å². The molecule has 29 heavy (non-hydrogen) atoms. The Bertz CT molecular complexity index is 1000. The standard InChI is InChI=1S/C20H26N4O4S/c1-15-5-7-18(16(2)13-15)22-29(27,28)17-6-8-19(20(14-17)24(25)26)21-9-12-23-10-3-4-11-23/h5-8,13-14,21-22H,3-4,9-12H2,1-2H3. The Balaban J connectivity index is 1.78. The van der Waals surface area contributed by atoms with E-state index in [0.29, 0.717) is 17.9 Å². The fourth-order valence-electron chi connectivity index (χ4n) is 3.47. The fraction of sp³-hybridized carbons (Fsp3) is 0.400. The Morgan fingerprint density at radius 2 is 1.76 bits per heavy atom. The van der Waals surface area contributed by atoms with Crippen LogP contribution in [0.5, 0.6) is 0 Å². The van der Waals surface area contributed by atoms with Crippen LogP contribution in [0.1, 0.15) is 24.0 Å². The first kappa shape index (κ1) is 21.1. The molecule has 8 nitrogen and oxygen atoms in total. The smallest absolute Gasteiger partial charge is 0.293 e. The first-order valence-corrected chi connectivity index (χ1v) is 11.1. The molecule has 0 amide bonds. The lowest BCUT2D eigenvalue weighted by Crippen LogP contribution is -2.26. The first-order valence-electron chi connectivity index (χ1n) is 9.61. The number of nitrogens with one attached hydrogen (secondary N) is 2. The average molecular weight is 419 g/mol. The molecule has 0 spiro atoms. The molecule has 1 fully saturated rings. The summed E-state index contributed by atoms with van der Waals surface area (Å²) in [5.74, 6) is 0. The molecule has 3 rings (SSSR count). The predicted molar refractivity (Wildman–Crippen MR) is 114 cm³/mol. The molecule has 0 aliphatic carbocycles. The van der Waals surface area contributed by atoms with E-state index in [2.05, 4.69) is 14.9 Å². The van der Waals surface area contributed by atoms with Crippen LogP contribution in [0.2, 0.25) is 0 Å². The van der Waals surface area contributed by atoms with Crippen molar-refractivity contribution in [1.29, 1.82) is 0 Å². The van der Waals surface area contributed by atoms with E-state index in [-0.39, 0.29) is 10.6 Å². The Morgan fingerprint density at radius 1 is 1.07 bits per heavy atom. The topological polar surface area (TPSA) is 105 Å². The third-order valence-corrected chi connectivity index (χ3v) is 6.41. The van der Waals surface area contributed by atoms with Gasteiger partial charge in [-0.05, 0) is 63.5 Å². The molecule has 2 aromatic rings. The second kappa shape index (κ2) is 8.79. The Morgan fingerprint density at radius 3 is 2.41 bits per heavy atom. The molecule has 0 bridgehead atoms. The lowest BCUT2D eigenvalue weighted by Gasteiger charge is -2.16. The van der Waals surface area contributed by atoms with Crippen LogP contribution in [0.25, 0.3) is 0 Å². The largest absolute Gasteiger partial charge is 0.378 e. The number of nitro groups is 1. The maximum absolute atomic E-state index is 12.8. The Kier molecular flexibility index (Phi) is 6.39. The highest BCUT2D eigenvalue weighted by Gasteiger charge is 2.22. The highest BCUT2D eigenvalue weighted by atomic mass is 32.2. The number of anilines is 2. The number of nitro benzene ring substituents is 1. The summed E-state index contributed by atoms with van der Waals surface area (Å²) < 4.78 is 28.0. The zero-order chi connectivity index (χ0) is 21.0. The van der Waals surface area contributed by atoms with Gasteiger partial charge in [0.1, 0.15) is 5.69 Å². The summed E-state index contributed by atoms with van der Waals surface area (Å²) in [6.07, 6.45) is 2.36. The van der Waals surface area contributed by atoms with E-state index in [4.69, 9.17) is 0 Å². The molecule has 156 valence electrons. The molecule has 1 saturated heterocycles. The summed E-state index contributed by atoms with van der Waals surface area (Å²) in [5, 5.41) is 14.6. The molecule has 9 heteroatoms. The molecule has 2 aromatic carbocycles. The van der Waals surface area contributed by atoms with Crippen LogP contribution < -0.4 is 10.0 Å². The van der Waals surface area contributed by atoms with Crippen molar-refractivity contribution in [2.45, 2.75) is 31.6 Å². The molecule has 1 aliphatic rings. The van der Waals surface area contributed by atoms with Gasteiger partial charge in [0.15, 0.2) is 0 Å². The average Bonchev–Trinajstić information content (AvgIpc) is 3.17. The summed E-state index contributed by atoms with van der Waals surface area (Å²) in [4.78, 5) is 13.1. The van der Waals surface area contributed by atoms with E-state index in [0.717, 1.165) is 36.8 Å². The monoisotopic (exact) mass is 418 g/mol. The number of likely N-dealkylation sites (tertiary alicyclic amines) is 1. The summed E-state index contributed by atoms with van der Waals surface area (Å²) in [6, 6.07) is 9.30. The molecule has 0 radical (unpaired) electrons. The number of aryl methyl sites for hydroxylation is 2. The van der Waals surface area contributed by atoms with Gasteiger partial charge in [0.25, 0.3) is 15.7 Å².